The molecule has 0 aliphatic rings. The van der Waals surface area contributed by atoms with Gasteiger partial charge in [-0.15, -0.1) is 34.8 Å². The highest BCUT2D eigenvalue weighted by Crippen LogP contribution is 2.34. The van der Waals surface area contributed by atoms with E-state index in [1.54, 1.807) is 57.2 Å². The van der Waals surface area contributed by atoms with Crippen LogP contribution in [0.1, 0.15) is 102 Å². The average molecular weight is 1070 g/mol. The van der Waals surface area contributed by atoms with Gasteiger partial charge in [-0.05, 0) is 144 Å². The number of halogens is 5. The summed E-state index contributed by atoms with van der Waals surface area (Å²) in [5, 5.41) is 25.8. The number of carbonyl (C=O) groups is 6. The molecule has 0 radical (unpaired) electrons. The van der Waals surface area contributed by atoms with Crippen molar-refractivity contribution in [1.29, 1.82) is 0 Å². The lowest BCUT2D eigenvalue weighted by atomic mass is 10.1. The van der Waals surface area contributed by atoms with Crippen molar-refractivity contribution in [3.05, 3.63) is 129 Å². The second kappa shape index (κ2) is 25.6. The first-order chi connectivity index (χ1) is 33.7. The largest absolute Gasteiger partial charge is 0.494 e. The van der Waals surface area contributed by atoms with Crippen molar-refractivity contribution in [2.24, 2.45) is 20.5 Å². The molecule has 0 aliphatic heterocycles. The van der Waals surface area contributed by atoms with E-state index in [4.69, 9.17) is 67.5 Å². The van der Waals surface area contributed by atoms with Gasteiger partial charge in [0.15, 0.2) is 11.6 Å². The van der Waals surface area contributed by atoms with Gasteiger partial charge >= 0.3 is 0 Å². The van der Waals surface area contributed by atoms with Gasteiger partial charge in [0, 0.05) is 34.9 Å². The number of benzene rings is 5. The first-order valence-corrected chi connectivity index (χ1v) is 24.0. The number of nitrogens with zero attached hydrogens (tertiary/aromatic N) is 4. The van der Waals surface area contributed by atoms with Crippen LogP contribution in [0.2, 0.25) is 10.0 Å². The van der Waals surface area contributed by atoms with Crippen LogP contribution in [0.15, 0.2) is 111 Å². The molecular weight excluding hydrogens is 1020 g/mol. The third-order valence-electron chi connectivity index (χ3n) is 10.2. The van der Waals surface area contributed by atoms with E-state index >= 15 is 0 Å². The van der Waals surface area contributed by atoms with Crippen LogP contribution in [-0.4, -0.2) is 60.5 Å². The van der Waals surface area contributed by atoms with Crippen molar-refractivity contribution in [3.63, 3.8) is 0 Å². The van der Waals surface area contributed by atoms with Gasteiger partial charge in [0.25, 0.3) is 23.6 Å². The molecule has 5 atom stereocenters. The molecule has 0 spiro atoms. The maximum absolute atomic E-state index is 13.6. The van der Waals surface area contributed by atoms with Crippen molar-refractivity contribution in [3.8, 4) is 11.5 Å². The number of amides is 4. The maximum Gasteiger partial charge on any atom is 0.258 e. The van der Waals surface area contributed by atoms with Crippen LogP contribution in [-0.2, 0) is 19.2 Å². The summed E-state index contributed by atoms with van der Waals surface area (Å²) in [6.07, 6.45) is 0. The predicted molar refractivity (Wildman–Crippen MR) is 279 cm³/mol. The predicted octanol–water partition coefficient (Wildman–Crippen LogP) is 13.6. The van der Waals surface area contributed by atoms with Crippen molar-refractivity contribution >= 4 is 127 Å². The second-order valence-electron chi connectivity index (χ2n) is 15.8. The summed E-state index contributed by atoms with van der Waals surface area (Å²) in [7, 11) is 0. The van der Waals surface area contributed by atoms with Gasteiger partial charge in [0.2, 0.25) is 12.1 Å². The summed E-state index contributed by atoms with van der Waals surface area (Å²) in [6, 6.07) is 19.8. The number of carbonyl (C=O) groups excluding carboxylic acids is 6. The summed E-state index contributed by atoms with van der Waals surface area (Å²) in [4.78, 5) is 79.3. The minimum Gasteiger partial charge on any atom is -0.494 e. The molecule has 0 saturated carbocycles. The van der Waals surface area contributed by atoms with Crippen molar-refractivity contribution in [1.82, 2.24) is 0 Å². The Hall–Kier alpha value is -6.43. The summed E-state index contributed by atoms with van der Waals surface area (Å²) in [5.41, 5.74) is 3.28. The standard InChI is InChI=1S/C50H49Cl5N8O8/c1-8-70-37-18-30(25(3)51)16-35(20-37)57-47(66)40-23-33(10-13-42(40)54)60-62-45(28(6)64)49(68)56-32-12-15-44(39(22-32)27(5)53)59-50(69)46(29(7)65)63-61-34-11-14-43(55)41(24-34)48(67)58-36-17-31(26(4)52)19-38(21-36)71-9-2/h10-27,45-46H,8-9H2,1-7H3,(H,56,68)(H,57,66)(H,58,67)(H,59,69). The lowest BCUT2D eigenvalue weighted by Crippen LogP contribution is -2.32. The summed E-state index contributed by atoms with van der Waals surface area (Å²) in [5.74, 6) is -3.12. The SMILES string of the molecule is CCOc1cc(NC(=O)c2cc(N=NC(C(C)=O)C(=O)Nc3ccc(NC(=O)C(N=Nc4ccc(Cl)c(C(=O)Nc5cc(OCC)cc(C(C)Cl)c5)c4)C(C)=O)c(C(C)Cl)c3)ccc2Cl)cc(C(C)Cl)c1. The molecule has 4 N–H and O–H groups in total. The fraction of sp³-hybridized carbons (Fsp3) is 0.280. The maximum atomic E-state index is 13.6. The number of hydrogen-bond donors (Lipinski definition) is 4. The van der Waals surface area contributed by atoms with Gasteiger partial charge in [-0.3, -0.25) is 28.8 Å². The zero-order valence-corrected chi connectivity index (χ0v) is 43.2. The summed E-state index contributed by atoms with van der Waals surface area (Å²) < 4.78 is 11.2. The van der Waals surface area contributed by atoms with Gasteiger partial charge in [0.05, 0.1) is 61.9 Å². The highest BCUT2D eigenvalue weighted by Gasteiger charge is 2.27. The van der Waals surface area contributed by atoms with Crippen LogP contribution >= 0.6 is 58.0 Å². The number of nitrogens with one attached hydrogen (secondary N) is 4. The van der Waals surface area contributed by atoms with Gasteiger partial charge in [-0.25, -0.2) is 0 Å². The smallest absolute Gasteiger partial charge is 0.258 e. The molecule has 0 aromatic heterocycles. The normalized spacial score (nSPS) is 13.4. The van der Waals surface area contributed by atoms with E-state index in [-0.39, 0.29) is 54.7 Å². The van der Waals surface area contributed by atoms with Gasteiger partial charge in [0.1, 0.15) is 11.5 Å². The van der Waals surface area contributed by atoms with E-state index in [1.165, 1.54) is 54.6 Å². The van der Waals surface area contributed by atoms with Crippen molar-refractivity contribution < 1.29 is 38.2 Å². The van der Waals surface area contributed by atoms with E-state index in [0.717, 1.165) is 25.0 Å². The van der Waals surface area contributed by atoms with E-state index < -0.39 is 52.7 Å². The molecule has 5 unspecified atom stereocenters. The number of azo groups is 2. The van der Waals surface area contributed by atoms with Crippen molar-refractivity contribution in [2.75, 3.05) is 34.5 Å². The molecule has 372 valence electrons. The van der Waals surface area contributed by atoms with E-state index in [0.29, 0.717) is 41.7 Å². The highest BCUT2D eigenvalue weighted by atomic mass is 35.5. The van der Waals surface area contributed by atoms with Crippen LogP contribution in [0.25, 0.3) is 0 Å². The number of Topliss-reactive ketones (excluding diaryl/α,β-unsaturated/α-hetero) is 2. The van der Waals surface area contributed by atoms with Crippen LogP contribution in [0.4, 0.5) is 34.1 Å². The molecular formula is C50H49Cl5N8O8. The number of ketones is 2. The lowest BCUT2D eigenvalue weighted by Gasteiger charge is -2.17. The minimum atomic E-state index is -1.63. The quantitative estimate of drug-likeness (QED) is 0.0314. The molecule has 21 heteroatoms. The van der Waals surface area contributed by atoms with E-state index in [2.05, 4.69) is 41.7 Å². The molecule has 0 bridgehead atoms. The average Bonchev–Trinajstić information content (AvgIpc) is 3.30. The number of ether oxygens (including phenoxy) is 2. The second-order valence-corrected chi connectivity index (χ2v) is 18.5. The third-order valence-corrected chi connectivity index (χ3v) is 11.6. The summed E-state index contributed by atoms with van der Waals surface area (Å²) in [6.45, 7) is 12.0. The fourth-order valence-corrected chi connectivity index (χ4v) is 7.46. The van der Waals surface area contributed by atoms with Crippen LogP contribution in [0, 0.1) is 0 Å². The first kappa shape index (κ1) is 55.5. The molecule has 16 nitrogen and oxygen atoms in total. The Morgan fingerprint density at radius 1 is 0.521 bits per heavy atom. The Kier molecular flexibility index (Phi) is 20.0. The van der Waals surface area contributed by atoms with Gasteiger partial charge < -0.3 is 30.7 Å². The number of hydrogen-bond acceptors (Lipinski definition) is 12. The Balaban J connectivity index is 1.28. The topological polar surface area (TPSA) is 218 Å². The minimum absolute atomic E-state index is 0.0371. The molecule has 0 aliphatic carbocycles. The zero-order chi connectivity index (χ0) is 52.1. The van der Waals surface area contributed by atoms with E-state index in [9.17, 15) is 28.8 Å². The Morgan fingerprint density at radius 2 is 0.958 bits per heavy atom. The zero-order valence-electron chi connectivity index (χ0n) is 39.4. The molecule has 71 heavy (non-hydrogen) atoms. The van der Waals surface area contributed by atoms with E-state index in [1.807, 2.05) is 13.8 Å². The monoisotopic (exact) mass is 1060 g/mol. The number of rotatable bonds is 21. The third kappa shape index (κ3) is 15.5. The van der Waals surface area contributed by atoms with Crippen LogP contribution in [0.5, 0.6) is 11.5 Å². The van der Waals surface area contributed by atoms with Crippen LogP contribution < -0.4 is 30.7 Å². The first-order valence-electron chi connectivity index (χ1n) is 22.0. The Bertz CT molecular complexity index is 2890. The highest BCUT2D eigenvalue weighted by molar-refractivity contribution is 6.35. The molecule has 5 rings (SSSR count). The molecule has 0 heterocycles. The molecule has 5 aromatic carbocycles. The lowest BCUT2D eigenvalue weighted by molar-refractivity contribution is -0.127. The Morgan fingerprint density at radius 3 is 1.35 bits per heavy atom. The Labute approximate surface area is 435 Å². The van der Waals surface area contributed by atoms with Crippen LogP contribution in [0.3, 0.4) is 0 Å². The van der Waals surface area contributed by atoms with Crippen molar-refractivity contribution in [2.45, 2.75) is 76.7 Å². The molecule has 4 amide bonds. The van der Waals surface area contributed by atoms with Gasteiger partial charge in [-0.1, -0.05) is 23.2 Å². The molecule has 0 fully saturated rings. The molecule has 5 aromatic rings. The fourth-order valence-electron chi connectivity index (χ4n) is 6.62. The molecule has 0 saturated heterocycles. The number of anilines is 4. The van der Waals surface area contributed by atoms with Gasteiger partial charge in [-0.2, -0.15) is 20.5 Å². The number of alkyl halides is 3. The summed E-state index contributed by atoms with van der Waals surface area (Å²) >= 11 is 31.9.